The van der Waals surface area contributed by atoms with Gasteiger partial charge in [0.15, 0.2) is 5.13 Å². The molecule has 0 saturated carbocycles. The molecule has 45 heavy (non-hydrogen) atoms. The Bertz CT molecular complexity index is 1800. The van der Waals surface area contributed by atoms with Crippen LogP contribution < -0.4 is 15.0 Å². The Morgan fingerprint density at radius 2 is 1.78 bits per heavy atom. The first kappa shape index (κ1) is 32.1. The number of amides is 1. The number of carbonyl (C=O) groups excluding carboxylic acids is 1. The van der Waals surface area contributed by atoms with Crippen molar-refractivity contribution in [3.8, 4) is 5.75 Å². The van der Waals surface area contributed by atoms with Gasteiger partial charge in [-0.2, -0.15) is 4.31 Å². The van der Waals surface area contributed by atoms with Crippen LogP contribution in [0.2, 0.25) is 0 Å². The van der Waals surface area contributed by atoms with Crippen molar-refractivity contribution >= 4 is 48.6 Å². The Labute approximate surface area is 260 Å². The van der Waals surface area contributed by atoms with E-state index in [1.165, 1.54) is 23.6 Å². The van der Waals surface area contributed by atoms with Crippen LogP contribution in [0.5, 0.6) is 5.75 Å². The van der Waals surface area contributed by atoms with Gasteiger partial charge in [0.1, 0.15) is 17.5 Å². The zero-order valence-corrected chi connectivity index (χ0v) is 25.5. The number of nitrogens with zero attached hydrogens (tertiary/aromatic N) is 4. The number of carboxylic acid groups (broad SMARTS) is 1. The molecule has 1 saturated heterocycles. The van der Waals surface area contributed by atoms with Crippen LogP contribution in [0, 0.1) is 0 Å². The summed E-state index contributed by atoms with van der Waals surface area (Å²) in [6.07, 6.45) is -1.65. The molecule has 0 aliphatic carbocycles. The van der Waals surface area contributed by atoms with E-state index in [-0.39, 0.29) is 36.8 Å². The van der Waals surface area contributed by atoms with E-state index in [0.29, 0.717) is 15.3 Å². The van der Waals surface area contributed by atoms with Gasteiger partial charge in [-0.25, -0.2) is 23.2 Å². The first-order valence-corrected chi connectivity index (χ1v) is 16.1. The van der Waals surface area contributed by atoms with Crippen LogP contribution in [0.4, 0.5) is 18.3 Å². The summed E-state index contributed by atoms with van der Waals surface area (Å²) in [5.74, 6) is -2.37. The molecule has 0 bridgehead atoms. The molecule has 1 atom stereocenters. The number of ether oxygens (including phenoxy) is 1. The summed E-state index contributed by atoms with van der Waals surface area (Å²) in [4.78, 5) is 34.8. The third-order valence-corrected chi connectivity index (χ3v) is 10.1. The minimum Gasteiger partial charge on any atom is -0.477 e. The predicted molar refractivity (Wildman–Crippen MR) is 160 cm³/mol. The third-order valence-electron chi connectivity index (χ3n) is 7.08. The fourth-order valence-corrected chi connectivity index (χ4v) is 7.40. The van der Waals surface area contributed by atoms with Crippen molar-refractivity contribution in [3.05, 3.63) is 77.6 Å². The number of hydrogen-bond acceptors (Lipinski definition) is 9. The van der Waals surface area contributed by atoms with E-state index in [1.807, 2.05) is 24.3 Å². The molecule has 4 aromatic rings. The summed E-state index contributed by atoms with van der Waals surface area (Å²) in [5.41, 5.74) is 2.19. The molecule has 0 unspecified atom stereocenters. The zero-order valence-electron chi connectivity index (χ0n) is 23.8. The first-order chi connectivity index (χ1) is 21.3. The maximum Gasteiger partial charge on any atom is 0.573 e. The van der Waals surface area contributed by atoms with Gasteiger partial charge in [-0.15, -0.1) is 13.2 Å². The van der Waals surface area contributed by atoms with Crippen molar-refractivity contribution in [2.45, 2.75) is 43.6 Å². The molecule has 2 N–H and O–H groups in total. The van der Waals surface area contributed by atoms with Crippen LogP contribution in [0.3, 0.4) is 0 Å². The number of thiazole rings is 1. The fourth-order valence-electron chi connectivity index (χ4n) is 4.88. The molecule has 11 nitrogen and oxygen atoms in total. The van der Waals surface area contributed by atoms with Gasteiger partial charge in [-0.1, -0.05) is 48.9 Å². The Hall–Kier alpha value is -4.28. The van der Waals surface area contributed by atoms with Crippen molar-refractivity contribution in [1.82, 2.24) is 19.6 Å². The van der Waals surface area contributed by atoms with E-state index in [4.69, 9.17) is 0 Å². The summed E-state index contributed by atoms with van der Waals surface area (Å²) >= 11 is 1.22. The van der Waals surface area contributed by atoms with Crippen molar-refractivity contribution in [1.29, 1.82) is 0 Å². The molecule has 16 heteroatoms. The molecule has 5 rings (SSSR count). The number of aryl methyl sites for hydroxylation is 1. The topological polar surface area (TPSA) is 142 Å². The lowest BCUT2D eigenvalue weighted by molar-refractivity contribution is -0.274. The highest BCUT2D eigenvalue weighted by atomic mass is 32.2. The van der Waals surface area contributed by atoms with Crippen LogP contribution in [-0.2, 0) is 27.8 Å². The van der Waals surface area contributed by atoms with E-state index in [1.54, 1.807) is 4.90 Å². The van der Waals surface area contributed by atoms with Gasteiger partial charge >= 0.3 is 12.3 Å². The van der Waals surface area contributed by atoms with Crippen LogP contribution >= 0.6 is 11.3 Å². The standard InChI is InChI=1S/C29H28F3N5O6S2/c1-2-3-18-4-6-19(7-5-18)15-34-26(38)24-17-36(28-35-22-14-23(27(39)40)33-16-25(22)44-28)12-13-37(24)45(41,42)21-10-8-20(9-11-21)43-29(30,31)32/h4-11,14,16,24H,2-3,12-13,15,17H2,1H3,(H,34,38)(H,39,40)/t24-/m1/s1. The molecule has 2 aromatic heterocycles. The van der Waals surface area contributed by atoms with Gasteiger partial charge in [0.2, 0.25) is 15.9 Å². The zero-order chi connectivity index (χ0) is 32.4. The second-order valence-corrected chi connectivity index (χ2v) is 13.1. The number of carbonyl (C=O) groups is 2. The molecular formula is C29H28F3N5O6S2. The number of sulfonamides is 1. The largest absolute Gasteiger partial charge is 0.573 e. The first-order valence-electron chi connectivity index (χ1n) is 13.8. The number of fused-ring (bicyclic) bond motifs is 1. The Morgan fingerprint density at radius 3 is 2.42 bits per heavy atom. The van der Waals surface area contributed by atoms with Gasteiger partial charge in [0, 0.05) is 32.4 Å². The van der Waals surface area contributed by atoms with E-state index in [9.17, 15) is 36.3 Å². The number of alkyl halides is 3. The number of halogens is 3. The second-order valence-electron chi connectivity index (χ2n) is 10.2. The van der Waals surface area contributed by atoms with Crippen molar-refractivity contribution in [2.75, 3.05) is 24.5 Å². The highest BCUT2D eigenvalue weighted by Gasteiger charge is 2.41. The lowest BCUT2D eigenvalue weighted by atomic mass is 10.1. The monoisotopic (exact) mass is 663 g/mol. The predicted octanol–water partition coefficient (Wildman–Crippen LogP) is 4.44. The summed E-state index contributed by atoms with van der Waals surface area (Å²) in [6.45, 7) is 2.13. The highest BCUT2D eigenvalue weighted by Crippen LogP contribution is 2.32. The van der Waals surface area contributed by atoms with E-state index >= 15 is 0 Å². The Morgan fingerprint density at radius 1 is 1.09 bits per heavy atom. The third kappa shape index (κ3) is 7.51. The van der Waals surface area contributed by atoms with Gasteiger partial charge in [-0.05, 0) is 47.9 Å². The number of pyridine rings is 1. The van der Waals surface area contributed by atoms with E-state index in [0.717, 1.165) is 52.5 Å². The van der Waals surface area contributed by atoms with Crippen LogP contribution in [0.1, 0.15) is 35.0 Å². The number of anilines is 1. The van der Waals surface area contributed by atoms with E-state index < -0.39 is 40.1 Å². The van der Waals surface area contributed by atoms with E-state index in [2.05, 4.69) is 26.9 Å². The van der Waals surface area contributed by atoms with Crippen LogP contribution in [0.15, 0.2) is 65.7 Å². The molecule has 3 heterocycles. The highest BCUT2D eigenvalue weighted by molar-refractivity contribution is 7.89. The number of piperazine rings is 1. The lowest BCUT2D eigenvalue weighted by Gasteiger charge is -2.39. The summed E-state index contributed by atoms with van der Waals surface area (Å²) in [6, 6.07) is 11.6. The molecule has 1 fully saturated rings. The average Bonchev–Trinajstić information content (AvgIpc) is 3.43. The van der Waals surface area contributed by atoms with Crippen molar-refractivity contribution < 1.29 is 41.0 Å². The summed E-state index contributed by atoms with van der Waals surface area (Å²) in [5, 5.41) is 12.5. The molecule has 2 aromatic carbocycles. The quantitative estimate of drug-likeness (QED) is 0.252. The van der Waals surface area contributed by atoms with Crippen molar-refractivity contribution in [3.63, 3.8) is 0 Å². The molecular weight excluding hydrogens is 635 g/mol. The summed E-state index contributed by atoms with van der Waals surface area (Å²) in [7, 11) is -4.34. The van der Waals surface area contributed by atoms with Gasteiger partial charge in [0.25, 0.3) is 0 Å². The van der Waals surface area contributed by atoms with Gasteiger partial charge in [0.05, 0.1) is 15.1 Å². The molecule has 1 amide bonds. The Balaban J connectivity index is 1.41. The number of aromatic carboxylic acids is 1. The maximum atomic E-state index is 13.7. The number of nitrogens with one attached hydrogen (secondary N) is 1. The molecule has 0 radical (unpaired) electrons. The smallest absolute Gasteiger partial charge is 0.477 e. The number of carboxylic acids is 1. The average molecular weight is 664 g/mol. The molecule has 0 spiro atoms. The van der Waals surface area contributed by atoms with Crippen LogP contribution in [0.25, 0.3) is 10.2 Å². The lowest BCUT2D eigenvalue weighted by Crippen LogP contribution is -2.60. The number of rotatable bonds is 10. The molecule has 1 aliphatic heterocycles. The SMILES string of the molecule is CCCc1ccc(CNC(=O)[C@H]2CN(c3nc4cc(C(=O)O)ncc4s3)CCN2S(=O)(=O)c2ccc(OC(F)(F)F)cc2)cc1. The number of aromatic nitrogens is 2. The minimum absolute atomic E-state index is 0.0885. The normalized spacial score (nSPS) is 16.1. The van der Waals surface area contributed by atoms with Crippen molar-refractivity contribution in [2.24, 2.45) is 0 Å². The van der Waals surface area contributed by atoms with Crippen LogP contribution in [-0.4, -0.2) is 71.7 Å². The number of benzene rings is 2. The number of hydrogen-bond donors (Lipinski definition) is 2. The minimum atomic E-state index is -4.94. The second kappa shape index (κ2) is 13.0. The van der Waals surface area contributed by atoms with Gasteiger partial charge < -0.3 is 20.1 Å². The maximum absolute atomic E-state index is 13.7. The molecule has 1 aliphatic rings. The summed E-state index contributed by atoms with van der Waals surface area (Å²) < 4.78 is 70.9. The fraction of sp³-hybridized carbons (Fsp3) is 0.310. The Kier molecular flexibility index (Phi) is 9.27. The molecule has 238 valence electrons. The van der Waals surface area contributed by atoms with Gasteiger partial charge in [-0.3, -0.25) is 4.79 Å².